The van der Waals surface area contributed by atoms with Crippen molar-refractivity contribution >= 4 is 42.1 Å². The lowest BCUT2D eigenvalue weighted by atomic mass is 10.1. The van der Waals surface area contributed by atoms with E-state index in [-0.39, 0.29) is 36.8 Å². The minimum absolute atomic E-state index is 0. The Hall–Kier alpha value is -1.14. The quantitative estimate of drug-likeness (QED) is 0.892. The van der Waals surface area contributed by atoms with Gasteiger partial charge in [-0.25, -0.2) is 4.98 Å². The SMILES string of the molecule is Cc1nc(-c2ccccc2)c(C(=O)N[C@@H](C)CN)s1.Cl.Cl. The molecular weight excluding hydrogens is 329 g/mol. The van der Waals surface area contributed by atoms with Crippen LogP contribution in [0.5, 0.6) is 0 Å². The van der Waals surface area contributed by atoms with E-state index >= 15 is 0 Å². The first kappa shape index (κ1) is 19.9. The van der Waals surface area contributed by atoms with Gasteiger partial charge in [-0.15, -0.1) is 36.2 Å². The van der Waals surface area contributed by atoms with Gasteiger partial charge in [0, 0.05) is 18.2 Å². The first-order valence-electron chi connectivity index (χ1n) is 6.15. The van der Waals surface area contributed by atoms with Gasteiger partial charge in [0.2, 0.25) is 0 Å². The zero-order valence-corrected chi connectivity index (χ0v) is 14.3. The summed E-state index contributed by atoms with van der Waals surface area (Å²) in [5.41, 5.74) is 7.22. The fraction of sp³-hybridized carbons (Fsp3) is 0.286. The van der Waals surface area contributed by atoms with Crippen molar-refractivity contribution in [2.75, 3.05) is 6.54 Å². The third kappa shape index (κ3) is 4.97. The zero-order valence-electron chi connectivity index (χ0n) is 11.8. The highest BCUT2D eigenvalue weighted by molar-refractivity contribution is 7.14. The number of nitrogens with two attached hydrogens (primary N) is 1. The van der Waals surface area contributed by atoms with Crippen LogP contribution in [0.15, 0.2) is 30.3 Å². The summed E-state index contributed by atoms with van der Waals surface area (Å²) in [5, 5.41) is 3.75. The second kappa shape index (κ2) is 9.00. The normalized spacial score (nSPS) is 11.0. The smallest absolute Gasteiger partial charge is 0.263 e. The Morgan fingerprint density at radius 3 is 2.52 bits per heavy atom. The molecular formula is C14H19Cl2N3OS. The zero-order chi connectivity index (χ0) is 13.8. The van der Waals surface area contributed by atoms with Crippen molar-refractivity contribution in [1.29, 1.82) is 0 Å². The van der Waals surface area contributed by atoms with Crippen LogP contribution in [-0.2, 0) is 0 Å². The van der Waals surface area contributed by atoms with Crippen molar-refractivity contribution in [2.24, 2.45) is 5.73 Å². The molecule has 0 fully saturated rings. The van der Waals surface area contributed by atoms with E-state index in [4.69, 9.17) is 5.73 Å². The molecule has 1 atom stereocenters. The van der Waals surface area contributed by atoms with Crippen LogP contribution in [0.3, 0.4) is 0 Å². The van der Waals surface area contributed by atoms with Crippen LogP contribution in [0.1, 0.15) is 21.6 Å². The number of thiazole rings is 1. The highest BCUT2D eigenvalue weighted by Gasteiger charge is 2.18. The number of carbonyl (C=O) groups is 1. The second-order valence-electron chi connectivity index (χ2n) is 4.39. The Labute approximate surface area is 141 Å². The van der Waals surface area contributed by atoms with Crippen LogP contribution in [0.2, 0.25) is 0 Å². The molecule has 0 spiro atoms. The summed E-state index contributed by atoms with van der Waals surface area (Å²) in [7, 11) is 0. The molecule has 0 saturated carbocycles. The Morgan fingerprint density at radius 2 is 1.95 bits per heavy atom. The molecule has 0 aliphatic carbocycles. The Morgan fingerprint density at radius 1 is 1.33 bits per heavy atom. The first-order valence-corrected chi connectivity index (χ1v) is 6.97. The van der Waals surface area contributed by atoms with Gasteiger partial charge in [-0.3, -0.25) is 4.79 Å². The summed E-state index contributed by atoms with van der Waals surface area (Å²) in [5.74, 6) is -0.109. The predicted molar refractivity (Wildman–Crippen MR) is 92.8 cm³/mol. The van der Waals surface area contributed by atoms with Crippen molar-refractivity contribution in [3.63, 3.8) is 0 Å². The number of benzene rings is 1. The minimum Gasteiger partial charge on any atom is -0.348 e. The number of carbonyl (C=O) groups excluding carboxylic acids is 1. The molecule has 2 rings (SSSR count). The maximum atomic E-state index is 12.2. The largest absolute Gasteiger partial charge is 0.348 e. The lowest BCUT2D eigenvalue weighted by Gasteiger charge is -2.10. The Bertz CT molecular complexity index is 575. The Kier molecular flexibility index (Phi) is 8.51. The van der Waals surface area contributed by atoms with Crippen molar-refractivity contribution in [3.8, 4) is 11.3 Å². The summed E-state index contributed by atoms with van der Waals surface area (Å²) >= 11 is 1.41. The van der Waals surface area contributed by atoms with E-state index in [1.807, 2.05) is 44.2 Å². The lowest BCUT2D eigenvalue weighted by molar-refractivity contribution is 0.0946. The molecule has 116 valence electrons. The van der Waals surface area contributed by atoms with Crippen molar-refractivity contribution < 1.29 is 4.79 Å². The maximum absolute atomic E-state index is 12.2. The fourth-order valence-corrected chi connectivity index (χ4v) is 2.57. The number of nitrogens with one attached hydrogen (secondary N) is 1. The van der Waals surface area contributed by atoms with Crippen molar-refractivity contribution in [2.45, 2.75) is 19.9 Å². The number of rotatable bonds is 4. The van der Waals surface area contributed by atoms with Gasteiger partial charge in [0.05, 0.1) is 10.7 Å². The van der Waals surface area contributed by atoms with E-state index in [0.717, 1.165) is 16.3 Å². The molecule has 0 unspecified atom stereocenters. The van der Waals surface area contributed by atoms with Gasteiger partial charge in [-0.1, -0.05) is 30.3 Å². The molecule has 3 N–H and O–H groups in total. The summed E-state index contributed by atoms with van der Waals surface area (Å²) in [4.78, 5) is 17.3. The second-order valence-corrected chi connectivity index (χ2v) is 5.59. The van der Waals surface area contributed by atoms with Gasteiger partial charge in [0.15, 0.2) is 0 Å². The van der Waals surface area contributed by atoms with Crippen molar-refractivity contribution in [3.05, 3.63) is 40.2 Å². The topological polar surface area (TPSA) is 68.0 Å². The lowest BCUT2D eigenvalue weighted by Crippen LogP contribution is -2.37. The highest BCUT2D eigenvalue weighted by atomic mass is 35.5. The summed E-state index contributed by atoms with van der Waals surface area (Å²) in [6, 6.07) is 9.69. The molecule has 0 radical (unpaired) electrons. The van der Waals surface area contributed by atoms with Crippen LogP contribution in [0.25, 0.3) is 11.3 Å². The molecule has 7 heteroatoms. The number of hydrogen-bond acceptors (Lipinski definition) is 4. The van der Waals surface area contributed by atoms with Gasteiger partial charge in [0.25, 0.3) is 5.91 Å². The van der Waals surface area contributed by atoms with Gasteiger partial charge < -0.3 is 11.1 Å². The number of aryl methyl sites for hydroxylation is 1. The minimum atomic E-state index is -0.109. The molecule has 2 aromatic rings. The molecule has 21 heavy (non-hydrogen) atoms. The number of aromatic nitrogens is 1. The molecule has 1 aromatic heterocycles. The number of hydrogen-bond donors (Lipinski definition) is 2. The van der Waals surface area contributed by atoms with Gasteiger partial charge >= 0.3 is 0 Å². The third-order valence-corrected chi connectivity index (χ3v) is 3.69. The van der Waals surface area contributed by atoms with Crippen LogP contribution in [0, 0.1) is 6.92 Å². The standard InChI is InChI=1S/C14H17N3OS.2ClH/c1-9(8-15)16-14(18)13-12(17-10(2)19-13)11-6-4-3-5-7-11;;/h3-7,9H,8,15H2,1-2H3,(H,16,18);2*1H/t9-;;/m0../s1. The van der Waals surface area contributed by atoms with Gasteiger partial charge in [-0.2, -0.15) is 0 Å². The first-order chi connectivity index (χ1) is 9.11. The summed E-state index contributed by atoms with van der Waals surface area (Å²) in [6.07, 6.45) is 0. The third-order valence-electron chi connectivity index (χ3n) is 2.72. The number of nitrogens with zero attached hydrogens (tertiary/aromatic N) is 1. The average molecular weight is 348 g/mol. The molecule has 0 saturated heterocycles. The monoisotopic (exact) mass is 347 g/mol. The summed E-state index contributed by atoms with van der Waals surface area (Å²) < 4.78 is 0. The van der Waals surface area contributed by atoms with Crippen LogP contribution in [0.4, 0.5) is 0 Å². The van der Waals surface area contributed by atoms with Crippen LogP contribution >= 0.6 is 36.2 Å². The molecule has 1 aromatic carbocycles. The van der Waals surface area contributed by atoms with Crippen LogP contribution < -0.4 is 11.1 Å². The Balaban J connectivity index is 0.00000200. The molecule has 0 aliphatic rings. The van der Waals surface area contributed by atoms with Crippen molar-refractivity contribution in [1.82, 2.24) is 10.3 Å². The number of halogens is 2. The van der Waals surface area contributed by atoms with E-state index in [2.05, 4.69) is 10.3 Å². The molecule has 1 heterocycles. The van der Waals surface area contributed by atoms with E-state index in [9.17, 15) is 4.79 Å². The molecule has 0 bridgehead atoms. The van der Waals surface area contributed by atoms with Crippen LogP contribution in [-0.4, -0.2) is 23.5 Å². The molecule has 4 nitrogen and oxygen atoms in total. The van der Waals surface area contributed by atoms with Gasteiger partial charge in [0.1, 0.15) is 4.88 Å². The molecule has 0 aliphatic heterocycles. The fourth-order valence-electron chi connectivity index (χ4n) is 1.72. The highest BCUT2D eigenvalue weighted by Crippen LogP contribution is 2.27. The predicted octanol–water partition coefficient (Wildman–Crippen LogP) is 3.04. The molecule has 1 amide bonds. The van der Waals surface area contributed by atoms with E-state index < -0.39 is 0 Å². The number of amides is 1. The summed E-state index contributed by atoms with van der Waals surface area (Å²) in [6.45, 7) is 4.21. The van der Waals surface area contributed by atoms with Gasteiger partial charge in [-0.05, 0) is 13.8 Å². The average Bonchev–Trinajstić information content (AvgIpc) is 2.82. The van der Waals surface area contributed by atoms with E-state index in [1.165, 1.54) is 11.3 Å². The van der Waals surface area contributed by atoms with E-state index in [1.54, 1.807) is 0 Å². The van der Waals surface area contributed by atoms with E-state index in [0.29, 0.717) is 11.4 Å². The maximum Gasteiger partial charge on any atom is 0.263 e.